The van der Waals surface area contributed by atoms with E-state index in [9.17, 15) is 0 Å². The van der Waals surface area contributed by atoms with Crippen LogP contribution in [0.15, 0.2) is 188 Å². The number of fused-ring (bicyclic) bond motifs is 10. The zero-order chi connectivity index (χ0) is 37.5. The Kier molecular flexibility index (Phi) is 7.03. The second kappa shape index (κ2) is 12.6. The smallest absolute Gasteiger partial charge is 0.165 e. The Morgan fingerprint density at radius 2 is 0.930 bits per heavy atom. The molecule has 0 aliphatic carbocycles. The van der Waals surface area contributed by atoms with Crippen molar-refractivity contribution in [2.75, 3.05) is 0 Å². The van der Waals surface area contributed by atoms with Gasteiger partial charge in [-0.3, -0.25) is 0 Å². The van der Waals surface area contributed by atoms with Gasteiger partial charge in [-0.25, -0.2) is 15.0 Å². The van der Waals surface area contributed by atoms with Gasteiger partial charge in [-0.2, -0.15) is 0 Å². The molecule has 0 unspecified atom stereocenters. The molecule has 266 valence electrons. The molecule has 0 radical (unpaired) electrons. The molecular weight excluding hydrogens is 715 g/mol. The number of rotatable bonds is 5. The largest absolute Gasteiger partial charge is 0.309 e. The number of para-hydroxylation sites is 3. The molecule has 5 nitrogen and oxygen atoms in total. The average molecular weight is 746 g/mol. The van der Waals surface area contributed by atoms with Crippen molar-refractivity contribution in [1.29, 1.82) is 0 Å². The fourth-order valence-corrected chi connectivity index (χ4v) is 9.86. The van der Waals surface area contributed by atoms with Crippen molar-refractivity contribution in [2.45, 2.75) is 0 Å². The number of hydrogen-bond donors (Lipinski definition) is 0. The van der Waals surface area contributed by atoms with Crippen LogP contribution >= 0.6 is 11.3 Å². The highest BCUT2D eigenvalue weighted by molar-refractivity contribution is 7.26. The summed E-state index contributed by atoms with van der Waals surface area (Å²) >= 11 is 1.79. The van der Waals surface area contributed by atoms with Crippen molar-refractivity contribution in [3.05, 3.63) is 188 Å². The summed E-state index contributed by atoms with van der Waals surface area (Å²) in [5.41, 5.74) is 9.73. The van der Waals surface area contributed by atoms with Gasteiger partial charge in [0.05, 0.1) is 22.1 Å². The first-order valence-electron chi connectivity index (χ1n) is 19.1. The maximum atomic E-state index is 5.25. The van der Waals surface area contributed by atoms with Crippen LogP contribution in [0.3, 0.4) is 0 Å². The lowest BCUT2D eigenvalue weighted by Gasteiger charge is -2.13. The summed E-state index contributed by atoms with van der Waals surface area (Å²) < 4.78 is 7.25. The zero-order valence-corrected chi connectivity index (χ0v) is 31.4. The van der Waals surface area contributed by atoms with Crippen LogP contribution < -0.4 is 0 Å². The molecule has 0 amide bonds. The third kappa shape index (κ3) is 4.91. The zero-order valence-electron chi connectivity index (χ0n) is 30.5. The fraction of sp³-hybridized carbons (Fsp3) is 0. The van der Waals surface area contributed by atoms with Gasteiger partial charge < -0.3 is 9.13 Å². The Labute approximate surface area is 331 Å². The van der Waals surface area contributed by atoms with E-state index in [4.69, 9.17) is 15.0 Å². The van der Waals surface area contributed by atoms with Crippen LogP contribution in [0.5, 0.6) is 0 Å². The molecule has 4 aromatic heterocycles. The predicted molar refractivity (Wildman–Crippen MR) is 238 cm³/mol. The molecule has 8 aromatic carbocycles. The highest BCUT2D eigenvalue weighted by Crippen LogP contribution is 2.45. The molecule has 12 rings (SSSR count). The highest BCUT2D eigenvalue weighted by Gasteiger charge is 2.23. The second-order valence-electron chi connectivity index (χ2n) is 14.4. The summed E-state index contributed by atoms with van der Waals surface area (Å²) in [7, 11) is 0. The third-order valence-electron chi connectivity index (χ3n) is 11.1. The van der Waals surface area contributed by atoms with Gasteiger partial charge >= 0.3 is 0 Å². The lowest BCUT2D eigenvalue weighted by molar-refractivity contribution is 1.07. The normalized spacial score (nSPS) is 11.9. The van der Waals surface area contributed by atoms with Crippen molar-refractivity contribution < 1.29 is 0 Å². The monoisotopic (exact) mass is 745 g/mol. The van der Waals surface area contributed by atoms with Crippen molar-refractivity contribution in [1.82, 2.24) is 24.1 Å². The third-order valence-corrected chi connectivity index (χ3v) is 12.4. The molecule has 0 aliphatic heterocycles. The van der Waals surface area contributed by atoms with Crippen LogP contribution in [0, 0.1) is 0 Å². The summed E-state index contributed by atoms with van der Waals surface area (Å²) in [6.07, 6.45) is 0. The molecule has 0 spiro atoms. The lowest BCUT2D eigenvalue weighted by atomic mass is 10.1. The molecule has 6 heteroatoms. The Bertz CT molecular complexity index is 3450. The second-order valence-corrected chi connectivity index (χ2v) is 15.5. The van der Waals surface area contributed by atoms with Crippen molar-refractivity contribution in [3.63, 3.8) is 0 Å². The maximum absolute atomic E-state index is 5.25. The van der Waals surface area contributed by atoms with Gasteiger partial charge in [-0.15, -0.1) is 11.3 Å². The first-order valence-corrected chi connectivity index (χ1v) is 19.9. The summed E-state index contributed by atoms with van der Waals surface area (Å²) in [5.74, 6) is 1.94. The van der Waals surface area contributed by atoms with Crippen molar-refractivity contribution >= 4 is 75.1 Å². The first-order chi connectivity index (χ1) is 28.3. The molecular formula is C51H31N5S. The van der Waals surface area contributed by atoms with E-state index >= 15 is 0 Å². The quantitative estimate of drug-likeness (QED) is 0.176. The molecule has 0 saturated carbocycles. The Hall–Kier alpha value is -7.41. The predicted octanol–water partition coefficient (Wildman–Crippen LogP) is 13.4. The van der Waals surface area contributed by atoms with Crippen LogP contribution in [0.4, 0.5) is 0 Å². The van der Waals surface area contributed by atoms with E-state index in [1.54, 1.807) is 11.3 Å². The van der Waals surface area contributed by atoms with Gasteiger partial charge in [-0.05, 0) is 48.5 Å². The molecule has 0 fully saturated rings. The van der Waals surface area contributed by atoms with Gasteiger partial charge in [0.1, 0.15) is 0 Å². The van der Waals surface area contributed by atoms with Crippen molar-refractivity contribution in [2.24, 2.45) is 0 Å². The molecule has 0 saturated heterocycles. The van der Waals surface area contributed by atoms with E-state index in [0.29, 0.717) is 17.5 Å². The number of nitrogens with zero attached hydrogens (tertiary/aromatic N) is 5. The Morgan fingerprint density at radius 3 is 1.63 bits per heavy atom. The van der Waals surface area contributed by atoms with Gasteiger partial charge in [0.25, 0.3) is 0 Å². The van der Waals surface area contributed by atoms with Crippen LogP contribution in [0.25, 0.3) is 109 Å². The van der Waals surface area contributed by atoms with E-state index in [0.717, 1.165) is 43.8 Å². The van der Waals surface area contributed by atoms with Crippen molar-refractivity contribution in [3.8, 4) is 45.5 Å². The van der Waals surface area contributed by atoms with E-state index in [1.165, 1.54) is 48.1 Å². The van der Waals surface area contributed by atoms with Gasteiger partial charge in [-0.1, -0.05) is 140 Å². The van der Waals surface area contributed by atoms with E-state index in [-0.39, 0.29) is 0 Å². The molecule has 4 heterocycles. The summed E-state index contributed by atoms with van der Waals surface area (Å²) in [5, 5.41) is 7.29. The van der Waals surface area contributed by atoms with Gasteiger partial charge in [0.15, 0.2) is 17.5 Å². The summed E-state index contributed by atoms with van der Waals surface area (Å²) in [6.45, 7) is 0. The van der Waals surface area contributed by atoms with Crippen LogP contribution in [0.2, 0.25) is 0 Å². The van der Waals surface area contributed by atoms with Crippen LogP contribution in [-0.4, -0.2) is 24.1 Å². The minimum absolute atomic E-state index is 0.645. The SMILES string of the molecule is c1ccc(-c2nc(-c3ccccc3)nc(-c3cc(-n4c5ccccc5c5c4ccc4c6ccccc6n(-c6ccccc6)c45)cc4c3sc3ccccc34)n2)cc1. The molecule has 12 aromatic rings. The number of aromatic nitrogens is 5. The standard InChI is InChI=1S/C51H31N5S/c1-4-16-32(17-5-1)49-52-50(33-18-6-2-7-19-33)54-51(53-49)41-31-35(30-40-37-23-12-15-27-45(37)57-48(40)41)55-43-26-14-11-24-39(43)46-44(55)29-28-38-36-22-10-13-25-42(36)56(47(38)46)34-20-8-3-9-21-34/h1-31H. The van der Waals surface area contributed by atoms with E-state index in [2.05, 4.69) is 161 Å². The minimum atomic E-state index is 0.645. The molecule has 57 heavy (non-hydrogen) atoms. The fourth-order valence-electron chi connectivity index (χ4n) is 8.67. The summed E-state index contributed by atoms with van der Waals surface area (Å²) in [6, 6.07) is 66.6. The topological polar surface area (TPSA) is 48.5 Å². The van der Waals surface area contributed by atoms with Crippen LogP contribution in [-0.2, 0) is 0 Å². The number of hydrogen-bond acceptors (Lipinski definition) is 4. The Balaban J connectivity index is 1.20. The highest BCUT2D eigenvalue weighted by atomic mass is 32.1. The number of thiophene rings is 1. The number of benzene rings is 8. The summed E-state index contributed by atoms with van der Waals surface area (Å²) in [4.78, 5) is 15.5. The maximum Gasteiger partial charge on any atom is 0.165 e. The molecule has 0 atom stereocenters. The molecule has 0 bridgehead atoms. The van der Waals surface area contributed by atoms with Gasteiger partial charge in [0.2, 0.25) is 0 Å². The van der Waals surface area contributed by atoms with Gasteiger partial charge in [0, 0.05) is 69.8 Å². The van der Waals surface area contributed by atoms with Crippen LogP contribution in [0.1, 0.15) is 0 Å². The minimum Gasteiger partial charge on any atom is -0.309 e. The molecule has 0 aliphatic rings. The Morgan fingerprint density at radius 1 is 0.368 bits per heavy atom. The average Bonchev–Trinajstić information content (AvgIpc) is 3.94. The van der Waals surface area contributed by atoms with E-state index in [1.807, 2.05) is 36.4 Å². The first kappa shape index (κ1) is 31.9. The van der Waals surface area contributed by atoms with E-state index < -0.39 is 0 Å². The molecule has 0 N–H and O–H groups in total. The lowest BCUT2D eigenvalue weighted by Crippen LogP contribution is -2.01.